The molecule has 1 saturated heterocycles. The molecule has 0 N–H and O–H groups in total. The van der Waals surface area contributed by atoms with Gasteiger partial charge in [-0.1, -0.05) is 30.3 Å². The van der Waals surface area contributed by atoms with Crippen molar-refractivity contribution in [2.75, 3.05) is 43.1 Å². The molecule has 5 heteroatoms. The maximum atomic E-state index is 6.58. The van der Waals surface area contributed by atoms with Crippen LogP contribution in [0.5, 0.6) is 11.5 Å². The topological polar surface area (TPSA) is 34.2 Å². The first-order valence-electron chi connectivity index (χ1n) is 12.9. The smallest absolute Gasteiger partial charge is 0.134 e. The van der Waals surface area contributed by atoms with Crippen LogP contribution in [0.1, 0.15) is 47.8 Å². The van der Waals surface area contributed by atoms with Gasteiger partial charge < -0.3 is 24.0 Å². The Balaban J connectivity index is 1.40. The summed E-state index contributed by atoms with van der Waals surface area (Å²) in [6.45, 7) is 15.5. The van der Waals surface area contributed by atoms with E-state index in [9.17, 15) is 0 Å². The lowest BCUT2D eigenvalue weighted by Gasteiger charge is -2.39. The first kappa shape index (κ1) is 24.5. The van der Waals surface area contributed by atoms with Gasteiger partial charge in [-0.05, 0) is 81.1 Å². The molecule has 0 spiro atoms. The lowest BCUT2D eigenvalue weighted by Crippen LogP contribution is -2.47. The van der Waals surface area contributed by atoms with Gasteiger partial charge in [0.05, 0.1) is 13.7 Å². The number of methoxy groups -OCH3 is 1. The van der Waals surface area contributed by atoms with Crippen LogP contribution in [0.3, 0.4) is 0 Å². The van der Waals surface area contributed by atoms with Gasteiger partial charge in [0.2, 0.25) is 0 Å². The minimum absolute atomic E-state index is 0.119. The van der Waals surface area contributed by atoms with Gasteiger partial charge in [0.1, 0.15) is 23.2 Å². The van der Waals surface area contributed by atoms with Gasteiger partial charge in [0.25, 0.3) is 0 Å². The van der Waals surface area contributed by atoms with Crippen LogP contribution in [0.2, 0.25) is 0 Å². The van der Waals surface area contributed by atoms with Crippen LogP contribution in [0, 0.1) is 20.8 Å². The molecule has 5 rings (SSSR count). The maximum absolute atomic E-state index is 6.58. The molecule has 0 aliphatic carbocycles. The summed E-state index contributed by atoms with van der Waals surface area (Å²) in [6, 6.07) is 18.8. The molecule has 0 aromatic heterocycles. The molecule has 3 aromatic carbocycles. The highest BCUT2D eigenvalue weighted by Gasteiger charge is 2.45. The number of anilines is 2. The third kappa shape index (κ3) is 4.41. The third-order valence-corrected chi connectivity index (χ3v) is 7.81. The summed E-state index contributed by atoms with van der Waals surface area (Å²) in [5.74, 6) is 1.90. The third-order valence-electron chi connectivity index (χ3n) is 7.81. The summed E-state index contributed by atoms with van der Waals surface area (Å²) in [5.41, 5.74) is 8.38. The Labute approximate surface area is 215 Å². The molecule has 5 nitrogen and oxygen atoms in total. The molecule has 1 unspecified atom stereocenters. The van der Waals surface area contributed by atoms with Crippen LogP contribution in [0.15, 0.2) is 54.6 Å². The Morgan fingerprint density at radius 3 is 2.11 bits per heavy atom. The highest BCUT2D eigenvalue weighted by Crippen LogP contribution is 2.52. The molecular formula is C31H38N2O3. The number of hydrogen-bond acceptors (Lipinski definition) is 5. The molecule has 36 heavy (non-hydrogen) atoms. The Morgan fingerprint density at radius 2 is 1.47 bits per heavy atom. The van der Waals surface area contributed by atoms with Crippen molar-refractivity contribution >= 4 is 11.4 Å². The van der Waals surface area contributed by atoms with Gasteiger partial charge in [-0.3, -0.25) is 0 Å². The van der Waals surface area contributed by atoms with Crippen molar-refractivity contribution in [1.29, 1.82) is 0 Å². The fourth-order valence-corrected chi connectivity index (χ4v) is 5.73. The highest BCUT2D eigenvalue weighted by atomic mass is 16.6. The second-order valence-electron chi connectivity index (χ2n) is 10.5. The van der Waals surface area contributed by atoms with E-state index >= 15 is 0 Å². The number of fused-ring (bicyclic) bond motifs is 1. The monoisotopic (exact) mass is 486 g/mol. The molecule has 0 saturated carbocycles. The molecule has 0 bridgehead atoms. The van der Waals surface area contributed by atoms with Crippen molar-refractivity contribution in [2.45, 2.75) is 52.9 Å². The van der Waals surface area contributed by atoms with Crippen LogP contribution in [0.25, 0.3) is 0 Å². The second kappa shape index (κ2) is 9.70. The van der Waals surface area contributed by atoms with Crippen molar-refractivity contribution in [3.05, 3.63) is 82.4 Å². The van der Waals surface area contributed by atoms with Crippen molar-refractivity contribution in [2.24, 2.45) is 0 Å². The van der Waals surface area contributed by atoms with E-state index in [2.05, 4.69) is 80.8 Å². The maximum Gasteiger partial charge on any atom is 0.134 e. The number of benzene rings is 3. The summed E-state index contributed by atoms with van der Waals surface area (Å²) < 4.78 is 18.5. The quantitative estimate of drug-likeness (QED) is 0.404. The molecule has 1 fully saturated rings. The van der Waals surface area contributed by atoms with E-state index in [0.717, 1.165) is 37.7 Å². The zero-order chi connectivity index (χ0) is 25.4. The molecule has 0 amide bonds. The fraction of sp³-hybridized carbons (Fsp3) is 0.419. The summed E-state index contributed by atoms with van der Waals surface area (Å²) in [6.07, 6.45) is -0.119. The Hall–Kier alpha value is -3.18. The summed E-state index contributed by atoms with van der Waals surface area (Å²) in [5, 5.41) is 0. The van der Waals surface area contributed by atoms with Gasteiger partial charge in [-0.2, -0.15) is 0 Å². The van der Waals surface area contributed by atoms with E-state index in [-0.39, 0.29) is 6.10 Å². The molecule has 1 atom stereocenters. The normalized spacial score (nSPS) is 18.7. The minimum atomic E-state index is -0.426. The summed E-state index contributed by atoms with van der Waals surface area (Å²) >= 11 is 0. The van der Waals surface area contributed by atoms with Crippen molar-refractivity contribution in [1.82, 2.24) is 0 Å². The number of rotatable bonds is 6. The van der Waals surface area contributed by atoms with E-state index in [1.807, 2.05) is 18.2 Å². The number of piperazine rings is 1. The minimum Gasteiger partial charge on any atom is -0.497 e. The SMILES string of the molecule is COc1ccc(N2CCN(c3c(C)c(C)c4c(c3C)C(OCc3ccccc3)C(C)(C)O4)CC2)cc1. The van der Waals surface area contributed by atoms with E-state index in [4.69, 9.17) is 14.2 Å². The van der Waals surface area contributed by atoms with Crippen LogP contribution in [-0.2, 0) is 11.3 Å². The van der Waals surface area contributed by atoms with Gasteiger partial charge in [-0.15, -0.1) is 0 Å². The van der Waals surface area contributed by atoms with Crippen molar-refractivity contribution in [3.8, 4) is 11.5 Å². The molecule has 2 heterocycles. The molecule has 3 aromatic rings. The van der Waals surface area contributed by atoms with Gasteiger partial charge in [0.15, 0.2) is 0 Å². The van der Waals surface area contributed by atoms with Gasteiger partial charge >= 0.3 is 0 Å². The summed E-state index contributed by atoms with van der Waals surface area (Å²) in [7, 11) is 1.71. The Kier molecular flexibility index (Phi) is 6.60. The van der Waals surface area contributed by atoms with Gasteiger partial charge in [0, 0.05) is 43.1 Å². The van der Waals surface area contributed by atoms with Gasteiger partial charge in [-0.25, -0.2) is 0 Å². The van der Waals surface area contributed by atoms with E-state index in [1.165, 1.54) is 39.2 Å². The number of ether oxygens (including phenoxy) is 3. The molecule has 2 aliphatic heterocycles. The zero-order valence-electron chi connectivity index (χ0n) is 22.4. The number of nitrogens with zero attached hydrogens (tertiary/aromatic N) is 2. The first-order valence-corrected chi connectivity index (χ1v) is 12.9. The highest BCUT2D eigenvalue weighted by molar-refractivity contribution is 5.71. The van der Waals surface area contributed by atoms with Crippen LogP contribution < -0.4 is 19.3 Å². The largest absolute Gasteiger partial charge is 0.497 e. The summed E-state index contributed by atoms with van der Waals surface area (Å²) in [4.78, 5) is 5.01. The fourth-order valence-electron chi connectivity index (χ4n) is 5.73. The van der Waals surface area contributed by atoms with E-state index < -0.39 is 5.60 Å². The predicted octanol–water partition coefficient (Wildman–Crippen LogP) is 6.38. The zero-order valence-corrected chi connectivity index (χ0v) is 22.4. The predicted molar refractivity (Wildman–Crippen MR) is 147 cm³/mol. The number of hydrogen-bond donors (Lipinski definition) is 0. The van der Waals surface area contributed by atoms with E-state index in [1.54, 1.807) is 7.11 Å². The second-order valence-corrected chi connectivity index (χ2v) is 10.5. The molecule has 190 valence electrons. The van der Waals surface area contributed by atoms with Crippen LogP contribution in [0.4, 0.5) is 11.4 Å². The lowest BCUT2D eigenvalue weighted by atomic mass is 9.89. The Bertz CT molecular complexity index is 1210. The van der Waals surface area contributed by atoms with Crippen molar-refractivity contribution in [3.63, 3.8) is 0 Å². The van der Waals surface area contributed by atoms with Crippen molar-refractivity contribution < 1.29 is 14.2 Å². The average molecular weight is 487 g/mol. The Morgan fingerprint density at radius 1 is 0.833 bits per heavy atom. The van der Waals surface area contributed by atoms with E-state index in [0.29, 0.717) is 6.61 Å². The first-order chi connectivity index (χ1) is 17.3. The lowest BCUT2D eigenvalue weighted by molar-refractivity contribution is -0.0599. The molecular weight excluding hydrogens is 448 g/mol. The van der Waals surface area contributed by atoms with Crippen LogP contribution in [-0.4, -0.2) is 38.9 Å². The molecule has 2 aliphatic rings. The molecule has 0 radical (unpaired) electrons. The van der Waals surface area contributed by atoms with Crippen LogP contribution >= 0.6 is 0 Å². The standard InChI is InChI=1S/C31H38N2O3/c1-21-22(2)29-27(30(31(4,5)36-29)35-20-24-10-8-7-9-11-24)23(3)28(21)33-18-16-32(17-19-33)25-12-14-26(34-6)15-13-25/h7-15,30H,16-20H2,1-6H3. The average Bonchev–Trinajstić information content (AvgIpc) is 3.17.